The third kappa shape index (κ3) is 2.89. The van der Waals surface area contributed by atoms with E-state index in [1.54, 1.807) is 6.07 Å². The minimum absolute atomic E-state index is 0.0622. The van der Waals surface area contributed by atoms with Gasteiger partial charge in [0.05, 0.1) is 0 Å². The van der Waals surface area contributed by atoms with E-state index in [2.05, 4.69) is 6.92 Å². The molecule has 4 N–H and O–H groups in total. The molecule has 2 unspecified atom stereocenters. The summed E-state index contributed by atoms with van der Waals surface area (Å²) in [5.74, 6) is 0.701. The lowest BCUT2D eigenvalue weighted by atomic mass is 9.91. The van der Waals surface area contributed by atoms with Gasteiger partial charge in [0, 0.05) is 30.4 Å². The second-order valence-corrected chi connectivity index (χ2v) is 5.59. The number of rotatable bonds is 2. The second-order valence-electron chi connectivity index (χ2n) is 5.59. The average Bonchev–Trinajstić information content (AvgIpc) is 2.40. The number of nitrogen functional groups attached to an aromatic ring is 1. The maximum Gasteiger partial charge on any atom is 0.254 e. The summed E-state index contributed by atoms with van der Waals surface area (Å²) in [6.45, 7) is 5.47. The minimum Gasteiger partial charge on any atom is -0.399 e. The predicted octanol–water partition coefficient (Wildman–Crippen LogP) is 1.78. The van der Waals surface area contributed by atoms with E-state index in [1.807, 2.05) is 24.0 Å². The highest BCUT2D eigenvalue weighted by molar-refractivity contribution is 5.96. The molecule has 1 amide bonds. The van der Waals surface area contributed by atoms with E-state index in [1.165, 1.54) is 0 Å². The Morgan fingerprint density at radius 3 is 2.89 bits per heavy atom. The molecular formula is C15H23N3O. The zero-order valence-electron chi connectivity index (χ0n) is 11.7. The fourth-order valence-corrected chi connectivity index (χ4v) is 2.77. The van der Waals surface area contributed by atoms with E-state index >= 15 is 0 Å². The van der Waals surface area contributed by atoms with Crippen molar-refractivity contribution >= 4 is 11.6 Å². The van der Waals surface area contributed by atoms with E-state index in [4.69, 9.17) is 11.5 Å². The first-order chi connectivity index (χ1) is 9.02. The first kappa shape index (κ1) is 13.9. The lowest BCUT2D eigenvalue weighted by Gasteiger charge is -2.38. The summed E-state index contributed by atoms with van der Waals surface area (Å²) >= 11 is 0. The molecule has 1 fully saturated rings. The largest absolute Gasteiger partial charge is 0.399 e. The van der Waals surface area contributed by atoms with Gasteiger partial charge >= 0.3 is 0 Å². The number of hydrogen-bond donors (Lipinski definition) is 2. The van der Waals surface area contributed by atoms with E-state index in [0.29, 0.717) is 23.7 Å². The van der Waals surface area contributed by atoms with Gasteiger partial charge in [0.25, 0.3) is 5.91 Å². The first-order valence-electron chi connectivity index (χ1n) is 6.90. The fraction of sp³-hybridized carbons (Fsp3) is 0.533. The zero-order valence-corrected chi connectivity index (χ0v) is 11.7. The number of amides is 1. The Morgan fingerprint density at radius 1 is 1.47 bits per heavy atom. The predicted molar refractivity (Wildman–Crippen MR) is 77.9 cm³/mol. The minimum atomic E-state index is 0.0622. The summed E-state index contributed by atoms with van der Waals surface area (Å²) in [7, 11) is 0. The molecule has 0 spiro atoms. The topological polar surface area (TPSA) is 72.4 Å². The Labute approximate surface area is 114 Å². The number of carbonyl (C=O) groups excluding carboxylic acids is 1. The van der Waals surface area contributed by atoms with Crippen LogP contribution in [0.25, 0.3) is 0 Å². The van der Waals surface area contributed by atoms with Gasteiger partial charge in [0.15, 0.2) is 0 Å². The number of nitrogens with two attached hydrogens (primary N) is 2. The van der Waals surface area contributed by atoms with Gasteiger partial charge < -0.3 is 16.4 Å². The normalized spacial score (nSPS) is 23.4. The summed E-state index contributed by atoms with van der Waals surface area (Å²) in [4.78, 5) is 14.6. The monoisotopic (exact) mass is 261 g/mol. The van der Waals surface area contributed by atoms with Crippen LogP contribution in [-0.4, -0.2) is 29.9 Å². The van der Waals surface area contributed by atoms with Crippen LogP contribution in [0.15, 0.2) is 18.2 Å². The van der Waals surface area contributed by atoms with Crippen molar-refractivity contribution in [2.24, 2.45) is 11.7 Å². The second kappa shape index (κ2) is 5.61. The summed E-state index contributed by atoms with van der Waals surface area (Å²) in [5.41, 5.74) is 13.9. The maximum absolute atomic E-state index is 12.7. The summed E-state index contributed by atoms with van der Waals surface area (Å²) in [6.07, 6.45) is 2.03. The molecule has 0 saturated carbocycles. The molecule has 0 radical (unpaired) electrons. The third-order valence-corrected chi connectivity index (χ3v) is 4.00. The van der Waals surface area contributed by atoms with E-state index < -0.39 is 0 Å². The molecule has 0 aliphatic carbocycles. The lowest BCUT2D eigenvalue weighted by Crippen LogP contribution is -2.49. The van der Waals surface area contributed by atoms with Crippen molar-refractivity contribution in [3.63, 3.8) is 0 Å². The van der Waals surface area contributed by atoms with Gasteiger partial charge in [-0.1, -0.05) is 13.0 Å². The van der Waals surface area contributed by atoms with Gasteiger partial charge in [-0.3, -0.25) is 4.79 Å². The number of aryl methyl sites for hydroxylation is 1. The van der Waals surface area contributed by atoms with Crippen LogP contribution in [0.2, 0.25) is 0 Å². The number of benzene rings is 1. The highest BCUT2D eigenvalue weighted by atomic mass is 16.2. The van der Waals surface area contributed by atoms with Crippen molar-refractivity contribution in [1.29, 1.82) is 0 Å². The van der Waals surface area contributed by atoms with Crippen LogP contribution in [-0.2, 0) is 0 Å². The Hall–Kier alpha value is -1.55. The molecule has 1 heterocycles. The number of likely N-dealkylation sites (tertiary alicyclic amines) is 1. The number of hydrogen-bond acceptors (Lipinski definition) is 3. The van der Waals surface area contributed by atoms with Crippen LogP contribution in [0.5, 0.6) is 0 Å². The Balaban J connectivity index is 2.25. The van der Waals surface area contributed by atoms with Crippen molar-refractivity contribution in [2.75, 3.05) is 18.8 Å². The van der Waals surface area contributed by atoms with Crippen molar-refractivity contribution in [2.45, 2.75) is 32.7 Å². The standard InChI is InChI=1S/C15H23N3O/c1-10-5-6-18(13(7-10)9-16)15(19)14-8-12(17)4-3-11(14)2/h3-4,8,10,13H,5-7,9,16-17H2,1-2H3. The molecule has 0 aromatic heterocycles. The van der Waals surface area contributed by atoms with Crippen molar-refractivity contribution < 1.29 is 4.79 Å². The highest BCUT2D eigenvalue weighted by Gasteiger charge is 2.30. The summed E-state index contributed by atoms with van der Waals surface area (Å²) in [6, 6.07) is 5.64. The molecule has 4 nitrogen and oxygen atoms in total. The van der Waals surface area contributed by atoms with Crippen LogP contribution in [0, 0.1) is 12.8 Å². The summed E-state index contributed by atoms with van der Waals surface area (Å²) < 4.78 is 0. The van der Waals surface area contributed by atoms with Gasteiger partial charge in [0.1, 0.15) is 0 Å². The van der Waals surface area contributed by atoms with Crippen LogP contribution in [0.4, 0.5) is 5.69 Å². The van der Waals surface area contributed by atoms with Crippen LogP contribution in [0.1, 0.15) is 35.7 Å². The van der Waals surface area contributed by atoms with Crippen LogP contribution < -0.4 is 11.5 Å². The number of piperidine rings is 1. The Bertz CT molecular complexity index is 472. The summed E-state index contributed by atoms with van der Waals surface area (Å²) in [5, 5.41) is 0. The number of anilines is 1. The van der Waals surface area contributed by atoms with Crippen molar-refractivity contribution in [3.8, 4) is 0 Å². The maximum atomic E-state index is 12.7. The SMILES string of the molecule is Cc1ccc(N)cc1C(=O)N1CCC(C)CC1CN. The van der Waals surface area contributed by atoms with Gasteiger partial charge in [-0.15, -0.1) is 0 Å². The average molecular weight is 261 g/mol. The van der Waals surface area contributed by atoms with Gasteiger partial charge in [-0.2, -0.15) is 0 Å². The van der Waals surface area contributed by atoms with Crippen LogP contribution >= 0.6 is 0 Å². The first-order valence-corrected chi connectivity index (χ1v) is 6.90. The van der Waals surface area contributed by atoms with Crippen molar-refractivity contribution in [3.05, 3.63) is 29.3 Å². The fourth-order valence-electron chi connectivity index (χ4n) is 2.77. The Kier molecular flexibility index (Phi) is 4.10. The smallest absolute Gasteiger partial charge is 0.254 e. The third-order valence-electron chi connectivity index (χ3n) is 4.00. The number of nitrogens with zero attached hydrogens (tertiary/aromatic N) is 1. The molecule has 104 valence electrons. The van der Waals surface area contributed by atoms with Gasteiger partial charge in [-0.05, 0) is 43.4 Å². The van der Waals surface area contributed by atoms with E-state index in [9.17, 15) is 4.79 Å². The molecule has 2 atom stereocenters. The molecule has 1 aromatic rings. The number of carbonyl (C=O) groups is 1. The molecule has 1 aromatic carbocycles. The molecule has 1 saturated heterocycles. The van der Waals surface area contributed by atoms with Gasteiger partial charge in [-0.25, -0.2) is 0 Å². The zero-order chi connectivity index (χ0) is 14.0. The van der Waals surface area contributed by atoms with Crippen molar-refractivity contribution in [1.82, 2.24) is 4.90 Å². The van der Waals surface area contributed by atoms with E-state index in [-0.39, 0.29) is 11.9 Å². The lowest BCUT2D eigenvalue weighted by molar-refractivity contribution is 0.0573. The Morgan fingerprint density at radius 2 is 2.21 bits per heavy atom. The quantitative estimate of drug-likeness (QED) is 0.797. The highest BCUT2D eigenvalue weighted by Crippen LogP contribution is 2.25. The van der Waals surface area contributed by atoms with E-state index in [0.717, 1.165) is 24.9 Å². The molecule has 1 aliphatic rings. The molecule has 4 heteroatoms. The molecule has 19 heavy (non-hydrogen) atoms. The molecular weight excluding hydrogens is 238 g/mol. The molecule has 0 bridgehead atoms. The molecule has 1 aliphatic heterocycles. The van der Waals surface area contributed by atoms with Gasteiger partial charge in [0.2, 0.25) is 0 Å². The van der Waals surface area contributed by atoms with Crippen LogP contribution in [0.3, 0.4) is 0 Å². The molecule has 2 rings (SSSR count).